The van der Waals surface area contributed by atoms with Crippen molar-refractivity contribution in [1.82, 2.24) is 4.90 Å². The Bertz CT molecular complexity index is 906. The second kappa shape index (κ2) is 7.41. The minimum Gasteiger partial charge on any atom is -0.293 e. The van der Waals surface area contributed by atoms with E-state index in [1.54, 1.807) is 4.90 Å². The highest BCUT2D eigenvalue weighted by molar-refractivity contribution is 6.54. The van der Waals surface area contributed by atoms with Gasteiger partial charge in [-0.05, 0) is 43.0 Å². The number of piperidine rings is 1. The molecule has 0 N–H and O–H groups in total. The summed E-state index contributed by atoms with van der Waals surface area (Å²) in [5.41, 5.74) is 2.51. The van der Waals surface area contributed by atoms with Crippen LogP contribution < -0.4 is 4.90 Å². The third kappa shape index (κ3) is 3.62. The van der Waals surface area contributed by atoms with Gasteiger partial charge in [0, 0.05) is 18.7 Å². The number of nitrogens with zero attached hydrogens (tertiary/aromatic N) is 3. The number of benzene rings is 2. The molecule has 0 atom stereocenters. The monoisotopic (exact) mass is 385 g/mol. The molecule has 2 aliphatic heterocycles. The Morgan fingerprint density at radius 1 is 1.19 bits per heavy atom. The second-order valence-corrected chi connectivity index (χ2v) is 7.66. The first kappa shape index (κ1) is 18.1. The third-order valence-electron chi connectivity index (χ3n) is 5.26. The minimum atomic E-state index is -0.500. The Balaban J connectivity index is 1.65. The fraction of sp³-hybridized carbons (Fsp3) is 0.333. The molecule has 0 radical (unpaired) electrons. The molecule has 0 bridgehead atoms. The maximum Gasteiger partial charge on any atom is 0.278 e. The Morgan fingerprint density at radius 3 is 2.67 bits per heavy atom. The van der Waals surface area contributed by atoms with Gasteiger partial charge in [0.05, 0.1) is 23.1 Å². The normalized spacial score (nSPS) is 19.7. The standard InChI is InChI=1S/C21H21ClFN3O/c1-14-8-10-25(11-9-14)13-26-19-5-3-2-4-16(19)20(21(26)27)24-15-6-7-18(23)17(22)12-15/h2-7,12,14H,8-11,13H2,1H3. The number of anilines is 1. The predicted molar refractivity (Wildman–Crippen MR) is 106 cm³/mol. The molecule has 140 valence electrons. The number of hydrogen-bond acceptors (Lipinski definition) is 3. The number of para-hydroxylation sites is 1. The molecule has 2 heterocycles. The lowest BCUT2D eigenvalue weighted by Gasteiger charge is -2.33. The fourth-order valence-corrected chi connectivity index (χ4v) is 3.77. The number of aliphatic imine (C=N–C) groups is 1. The lowest BCUT2D eigenvalue weighted by Crippen LogP contribution is -2.44. The quantitative estimate of drug-likeness (QED) is 0.771. The first-order valence-corrected chi connectivity index (χ1v) is 9.58. The first-order chi connectivity index (χ1) is 13.0. The Labute approximate surface area is 163 Å². The van der Waals surface area contributed by atoms with E-state index in [0.717, 1.165) is 43.1 Å². The summed E-state index contributed by atoms with van der Waals surface area (Å²) in [5, 5.41) is -0.00475. The summed E-state index contributed by atoms with van der Waals surface area (Å²) in [5.74, 6) is 0.109. The molecule has 4 nitrogen and oxygen atoms in total. The van der Waals surface area contributed by atoms with Gasteiger partial charge >= 0.3 is 0 Å². The van der Waals surface area contributed by atoms with Gasteiger partial charge in [-0.1, -0.05) is 36.7 Å². The molecule has 2 aromatic rings. The van der Waals surface area contributed by atoms with E-state index in [-0.39, 0.29) is 10.9 Å². The minimum absolute atomic E-state index is 0.00475. The highest BCUT2D eigenvalue weighted by Crippen LogP contribution is 2.32. The van der Waals surface area contributed by atoms with E-state index in [1.165, 1.54) is 18.2 Å². The van der Waals surface area contributed by atoms with Crippen molar-refractivity contribution in [1.29, 1.82) is 0 Å². The second-order valence-electron chi connectivity index (χ2n) is 7.25. The van der Waals surface area contributed by atoms with Crippen LogP contribution in [-0.4, -0.2) is 36.3 Å². The van der Waals surface area contributed by atoms with Crippen molar-refractivity contribution >= 4 is 34.6 Å². The highest BCUT2D eigenvalue weighted by Gasteiger charge is 2.35. The van der Waals surface area contributed by atoms with Gasteiger partial charge in [0.1, 0.15) is 11.5 Å². The fourth-order valence-electron chi connectivity index (χ4n) is 3.60. The number of likely N-dealkylation sites (tertiary alicyclic amines) is 1. The number of amides is 1. The molecule has 1 fully saturated rings. The van der Waals surface area contributed by atoms with E-state index >= 15 is 0 Å². The van der Waals surface area contributed by atoms with E-state index in [0.29, 0.717) is 18.1 Å². The van der Waals surface area contributed by atoms with Crippen LogP contribution in [0.5, 0.6) is 0 Å². The summed E-state index contributed by atoms with van der Waals surface area (Å²) in [6.45, 7) is 4.82. The van der Waals surface area contributed by atoms with Gasteiger partial charge in [-0.2, -0.15) is 0 Å². The zero-order valence-corrected chi connectivity index (χ0v) is 15.9. The molecule has 0 unspecified atom stereocenters. The Kier molecular flexibility index (Phi) is 4.98. The summed E-state index contributed by atoms with van der Waals surface area (Å²) in [4.78, 5) is 21.7. The molecule has 1 saturated heterocycles. The van der Waals surface area contributed by atoms with Crippen molar-refractivity contribution in [2.24, 2.45) is 10.9 Å². The summed E-state index contributed by atoms with van der Waals surface area (Å²) in [6, 6.07) is 11.9. The van der Waals surface area contributed by atoms with Crippen LogP contribution in [0, 0.1) is 11.7 Å². The molecule has 0 spiro atoms. The van der Waals surface area contributed by atoms with Crippen molar-refractivity contribution < 1.29 is 9.18 Å². The van der Waals surface area contributed by atoms with Gasteiger partial charge in [-0.15, -0.1) is 0 Å². The number of rotatable bonds is 3. The zero-order valence-electron chi connectivity index (χ0n) is 15.2. The summed E-state index contributed by atoms with van der Waals surface area (Å²) in [7, 11) is 0. The molecular formula is C21H21ClFN3O. The molecular weight excluding hydrogens is 365 g/mol. The van der Waals surface area contributed by atoms with Crippen LogP contribution in [0.2, 0.25) is 5.02 Å². The zero-order chi connectivity index (χ0) is 19.0. The molecule has 0 aromatic heterocycles. The van der Waals surface area contributed by atoms with Gasteiger partial charge in [-0.3, -0.25) is 14.6 Å². The molecule has 6 heteroatoms. The van der Waals surface area contributed by atoms with E-state index in [2.05, 4.69) is 16.8 Å². The molecule has 2 aromatic carbocycles. The van der Waals surface area contributed by atoms with Crippen molar-refractivity contribution in [3.8, 4) is 0 Å². The van der Waals surface area contributed by atoms with Gasteiger partial charge in [0.15, 0.2) is 0 Å². The van der Waals surface area contributed by atoms with Crippen LogP contribution in [0.3, 0.4) is 0 Å². The Hall–Kier alpha value is -2.24. The molecule has 1 amide bonds. The van der Waals surface area contributed by atoms with Gasteiger partial charge in [0.2, 0.25) is 0 Å². The van der Waals surface area contributed by atoms with Crippen molar-refractivity contribution in [2.45, 2.75) is 19.8 Å². The topological polar surface area (TPSA) is 35.9 Å². The smallest absolute Gasteiger partial charge is 0.278 e. The van der Waals surface area contributed by atoms with E-state index in [1.807, 2.05) is 24.3 Å². The van der Waals surface area contributed by atoms with Crippen LogP contribution in [-0.2, 0) is 4.79 Å². The molecule has 27 heavy (non-hydrogen) atoms. The average Bonchev–Trinajstić information content (AvgIpc) is 2.92. The van der Waals surface area contributed by atoms with Crippen LogP contribution in [0.25, 0.3) is 0 Å². The SMILES string of the molecule is CC1CCN(CN2C(=O)C(=Nc3ccc(F)c(Cl)c3)c3ccccc32)CC1. The number of halogens is 2. The number of carbonyl (C=O) groups is 1. The van der Waals surface area contributed by atoms with Gasteiger partial charge < -0.3 is 0 Å². The molecule has 0 aliphatic carbocycles. The Morgan fingerprint density at radius 2 is 1.93 bits per heavy atom. The summed E-state index contributed by atoms with van der Waals surface area (Å²) >= 11 is 5.86. The van der Waals surface area contributed by atoms with Crippen molar-refractivity contribution in [3.63, 3.8) is 0 Å². The number of hydrogen-bond donors (Lipinski definition) is 0. The maximum atomic E-state index is 13.4. The lowest BCUT2D eigenvalue weighted by molar-refractivity contribution is -0.112. The summed E-state index contributed by atoms with van der Waals surface area (Å²) < 4.78 is 13.4. The average molecular weight is 386 g/mol. The van der Waals surface area contributed by atoms with Crippen molar-refractivity contribution in [2.75, 3.05) is 24.7 Å². The molecule has 0 saturated carbocycles. The lowest BCUT2D eigenvalue weighted by atomic mass is 10.00. The highest BCUT2D eigenvalue weighted by atomic mass is 35.5. The van der Waals surface area contributed by atoms with Crippen LogP contribution >= 0.6 is 11.6 Å². The van der Waals surface area contributed by atoms with Crippen molar-refractivity contribution in [3.05, 3.63) is 58.9 Å². The van der Waals surface area contributed by atoms with Crippen LogP contribution in [0.1, 0.15) is 25.3 Å². The van der Waals surface area contributed by atoms with Crippen LogP contribution in [0.4, 0.5) is 15.8 Å². The third-order valence-corrected chi connectivity index (χ3v) is 5.55. The maximum absolute atomic E-state index is 13.4. The van der Waals surface area contributed by atoms with E-state index in [9.17, 15) is 9.18 Å². The van der Waals surface area contributed by atoms with Gasteiger partial charge in [-0.25, -0.2) is 9.38 Å². The predicted octanol–water partition coefficient (Wildman–Crippen LogP) is 4.64. The molecule has 4 rings (SSSR count). The largest absolute Gasteiger partial charge is 0.293 e. The summed E-state index contributed by atoms with van der Waals surface area (Å²) in [6.07, 6.45) is 2.30. The molecule has 2 aliphatic rings. The van der Waals surface area contributed by atoms with E-state index in [4.69, 9.17) is 11.6 Å². The van der Waals surface area contributed by atoms with E-state index < -0.39 is 5.82 Å². The first-order valence-electron chi connectivity index (χ1n) is 9.20. The van der Waals surface area contributed by atoms with Crippen LogP contribution in [0.15, 0.2) is 47.5 Å². The van der Waals surface area contributed by atoms with Gasteiger partial charge in [0.25, 0.3) is 5.91 Å². The number of carbonyl (C=O) groups excluding carboxylic acids is 1. The number of fused-ring (bicyclic) bond motifs is 1.